The van der Waals surface area contributed by atoms with Crippen LogP contribution < -0.4 is 5.73 Å². The van der Waals surface area contributed by atoms with Gasteiger partial charge in [0.2, 0.25) is 0 Å². The number of aliphatic hydroxyl groups is 2. The van der Waals surface area contributed by atoms with Gasteiger partial charge >= 0.3 is 7.82 Å². The summed E-state index contributed by atoms with van der Waals surface area (Å²) in [6.45, 7) is 1.68. The maximum atomic E-state index is 11.9. The summed E-state index contributed by atoms with van der Waals surface area (Å²) in [6.07, 6.45) is 17.6. The Kier molecular flexibility index (Phi) is 16.3. The molecule has 9 heteroatoms. The van der Waals surface area contributed by atoms with Crippen molar-refractivity contribution in [3.63, 3.8) is 0 Å². The van der Waals surface area contributed by atoms with Crippen LogP contribution in [0.2, 0.25) is 0 Å². The van der Waals surface area contributed by atoms with Gasteiger partial charge in [0.15, 0.2) is 5.72 Å². The zero-order valence-electron chi connectivity index (χ0n) is 20.1. The molecule has 0 aromatic carbocycles. The first-order valence-corrected chi connectivity index (χ1v) is 14.2. The minimum atomic E-state index is -4.28. The topological polar surface area (TPSA) is 131 Å². The van der Waals surface area contributed by atoms with Gasteiger partial charge in [0.05, 0.1) is 13.2 Å². The van der Waals surface area contributed by atoms with Gasteiger partial charge in [-0.05, 0) is 6.42 Å². The molecule has 0 radical (unpaired) electrons. The second-order valence-corrected chi connectivity index (χ2v) is 10.6. The first kappa shape index (κ1) is 30.0. The first-order chi connectivity index (χ1) is 15.3. The zero-order valence-corrected chi connectivity index (χ0v) is 21.0. The molecule has 4 atom stereocenters. The molecule has 1 aliphatic rings. The molecule has 1 rings (SSSR count). The molecule has 1 aliphatic heterocycles. The number of nitrogens with two attached hydrogens (primary N) is 1. The molecule has 8 nitrogen and oxygen atoms in total. The number of phosphoric ester groups is 1. The maximum Gasteiger partial charge on any atom is 0.472 e. The van der Waals surface area contributed by atoms with Crippen LogP contribution in [0.25, 0.3) is 0 Å². The van der Waals surface area contributed by atoms with Crippen LogP contribution in [0.5, 0.6) is 0 Å². The summed E-state index contributed by atoms with van der Waals surface area (Å²) in [7, 11) is -4.28. The normalized spacial score (nSPS) is 25.3. The number of rotatable bonds is 21. The van der Waals surface area contributed by atoms with E-state index in [0.717, 1.165) is 12.8 Å². The van der Waals surface area contributed by atoms with Crippen molar-refractivity contribution in [2.45, 2.75) is 128 Å². The second kappa shape index (κ2) is 17.4. The molecule has 192 valence electrons. The van der Waals surface area contributed by atoms with E-state index in [1.807, 2.05) is 0 Å². The van der Waals surface area contributed by atoms with Crippen molar-refractivity contribution >= 4 is 7.82 Å². The third-order valence-electron chi connectivity index (χ3n) is 6.09. The molecule has 0 aromatic rings. The van der Waals surface area contributed by atoms with Crippen LogP contribution in [0.15, 0.2) is 0 Å². The van der Waals surface area contributed by atoms with E-state index in [2.05, 4.69) is 6.92 Å². The molecule has 0 amide bonds. The highest BCUT2D eigenvalue weighted by Gasteiger charge is 2.47. The average Bonchev–Trinajstić information content (AvgIpc) is 3.02. The Hall–Kier alpha value is -0.0500. The average molecular weight is 482 g/mol. The van der Waals surface area contributed by atoms with Crippen molar-refractivity contribution in [1.82, 2.24) is 0 Å². The number of aliphatic hydroxyl groups excluding tert-OH is 2. The maximum absolute atomic E-state index is 11.9. The van der Waals surface area contributed by atoms with E-state index in [1.165, 1.54) is 83.5 Å². The van der Waals surface area contributed by atoms with Crippen molar-refractivity contribution < 1.29 is 33.5 Å². The van der Waals surface area contributed by atoms with Gasteiger partial charge in [0.25, 0.3) is 0 Å². The molecule has 1 heterocycles. The molecule has 0 spiro atoms. The lowest BCUT2D eigenvalue weighted by molar-refractivity contribution is -0.0896. The lowest BCUT2D eigenvalue weighted by atomic mass is 10.0. The van der Waals surface area contributed by atoms with Crippen LogP contribution in [-0.4, -0.2) is 52.9 Å². The predicted octanol–water partition coefficient (Wildman–Crippen LogP) is 4.79. The Morgan fingerprint density at radius 2 is 1.28 bits per heavy atom. The summed E-state index contributed by atoms with van der Waals surface area (Å²) >= 11 is 0. The van der Waals surface area contributed by atoms with E-state index in [9.17, 15) is 19.7 Å². The zero-order chi connectivity index (χ0) is 23.7. The third-order valence-corrected chi connectivity index (χ3v) is 7.06. The molecule has 0 bridgehead atoms. The summed E-state index contributed by atoms with van der Waals surface area (Å²) in [4.78, 5) is 9.72. The smallest absolute Gasteiger partial charge is 0.388 e. The lowest BCUT2D eigenvalue weighted by Crippen LogP contribution is -2.54. The highest BCUT2D eigenvalue weighted by atomic mass is 31.2. The van der Waals surface area contributed by atoms with Crippen molar-refractivity contribution in [3.8, 4) is 0 Å². The Balaban J connectivity index is 1.87. The van der Waals surface area contributed by atoms with Gasteiger partial charge in [-0.2, -0.15) is 0 Å². The molecule has 0 saturated carbocycles. The molecule has 1 fully saturated rings. The van der Waals surface area contributed by atoms with Gasteiger partial charge in [0, 0.05) is 0 Å². The fraction of sp³-hybridized carbons (Fsp3) is 1.00. The number of ether oxygens (including phenoxy) is 1. The fourth-order valence-corrected chi connectivity index (χ4v) is 4.72. The monoisotopic (exact) mass is 481 g/mol. The van der Waals surface area contributed by atoms with Gasteiger partial charge in [-0.3, -0.25) is 14.8 Å². The van der Waals surface area contributed by atoms with E-state index < -0.39 is 32.4 Å². The standard InChI is InChI=1S/C23H48NO7P/c1-2-3-4-5-6-7-8-9-10-11-12-13-14-15-16-17-18-30-32(27,28)31-20-23(24)22(26)21(25)19-29-23/h21-22,25-26H,2-20,24H2,1H3,(H,27,28)/t21-,22+,23-/m1/s1. The summed E-state index contributed by atoms with van der Waals surface area (Å²) in [5, 5.41) is 19.2. The van der Waals surface area contributed by atoms with Gasteiger partial charge in [-0.15, -0.1) is 0 Å². The number of hydrogen-bond donors (Lipinski definition) is 4. The molecule has 5 N–H and O–H groups in total. The number of unbranched alkanes of at least 4 members (excludes halogenated alkanes) is 15. The number of phosphoric acid groups is 1. The van der Waals surface area contributed by atoms with E-state index in [0.29, 0.717) is 6.42 Å². The van der Waals surface area contributed by atoms with Crippen LogP contribution in [-0.2, 0) is 18.3 Å². The summed E-state index contributed by atoms with van der Waals surface area (Å²) in [5.41, 5.74) is 4.04. The van der Waals surface area contributed by atoms with Crippen LogP contribution in [0.3, 0.4) is 0 Å². The molecule has 1 unspecified atom stereocenters. The predicted molar refractivity (Wildman–Crippen MR) is 126 cm³/mol. The van der Waals surface area contributed by atoms with Crippen LogP contribution >= 0.6 is 7.82 Å². The Labute approximate surface area is 194 Å². The Morgan fingerprint density at radius 3 is 1.69 bits per heavy atom. The third kappa shape index (κ3) is 13.6. The van der Waals surface area contributed by atoms with Crippen molar-refractivity contribution in [1.29, 1.82) is 0 Å². The minimum absolute atomic E-state index is 0.121. The summed E-state index contributed by atoms with van der Waals surface area (Å²) in [6, 6.07) is 0. The highest BCUT2D eigenvalue weighted by molar-refractivity contribution is 7.47. The molecular weight excluding hydrogens is 433 g/mol. The van der Waals surface area contributed by atoms with Crippen molar-refractivity contribution in [2.24, 2.45) is 5.73 Å². The van der Waals surface area contributed by atoms with Crippen LogP contribution in [0.4, 0.5) is 0 Å². The molecule has 0 aliphatic carbocycles. The summed E-state index contributed by atoms with van der Waals surface area (Å²) in [5.74, 6) is 0. The second-order valence-electron chi connectivity index (χ2n) is 9.16. The van der Waals surface area contributed by atoms with Gasteiger partial charge < -0.3 is 19.8 Å². The fourth-order valence-electron chi connectivity index (χ4n) is 3.92. The minimum Gasteiger partial charge on any atom is -0.388 e. The Bertz CT molecular complexity index is 511. The Morgan fingerprint density at radius 1 is 0.844 bits per heavy atom. The van der Waals surface area contributed by atoms with Crippen molar-refractivity contribution in [2.75, 3.05) is 19.8 Å². The quantitative estimate of drug-likeness (QED) is 0.136. The van der Waals surface area contributed by atoms with E-state index in [-0.39, 0.29) is 13.2 Å². The van der Waals surface area contributed by atoms with E-state index >= 15 is 0 Å². The van der Waals surface area contributed by atoms with Crippen LogP contribution in [0, 0.1) is 0 Å². The summed E-state index contributed by atoms with van der Waals surface area (Å²) < 4.78 is 26.8. The SMILES string of the molecule is CCCCCCCCCCCCCCCCCCOP(=O)(O)OC[C@@]1(N)OC[C@@H](O)[C@@H]1O. The van der Waals surface area contributed by atoms with Gasteiger partial charge in [-0.25, -0.2) is 4.57 Å². The van der Waals surface area contributed by atoms with Crippen LogP contribution in [0.1, 0.15) is 110 Å². The molecule has 0 aromatic heterocycles. The van der Waals surface area contributed by atoms with E-state index in [4.69, 9.17) is 19.5 Å². The van der Waals surface area contributed by atoms with Crippen molar-refractivity contribution in [3.05, 3.63) is 0 Å². The lowest BCUT2D eigenvalue weighted by Gasteiger charge is -2.27. The van der Waals surface area contributed by atoms with Gasteiger partial charge in [0.1, 0.15) is 18.8 Å². The molecular formula is C23H48NO7P. The molecule has 32 heavy (non-hydrogen) atoms. The largest absolute Gasteiger partial charge is 0.472 e. The van der Waals surface area contributed by atoms with E-state index in [1.54, 1.807) is 0 Å². The number of hydrogen-bond acceptors (Lipinski definition) is 7. The first-order valence-electron chi connectivity index (χ1n) is 12.7. The van der Waals surface area contributed by atoms with Gasteiger partial charge in [-0.1, -0.05) is 103 Å². The molecule has 1 saturated heterocycles. The highest BCUT2D eigenvalue weighted by Crippen LogP contribution is 2.44.